The first-order chi connectivity index (χ1) is 7.83. The van der Waals surface area contributed by atoms with Gasteiger partial charge in [-0.25, -0.2) is 0 Å². The Kier molecular flexibility index (Phi) is 4.05. The molecule has 1 atom stereocenters. The maximum Gasteiger partial charge on any atom is 0.0429 e. The van der Waals surface area contributed by atoms with Crippen LogP contribution in [0.5, 0.6) is 0 Å². The van der Waals surface area contributed by atoms with Gasteiger partial charge in [0.25, 0.3) is 0 Å². The van der Waals surface area contributed by atoms with E-state index in [9.17, 15) is 0 Å². The number of anilines is 1. The van der Waals surface area contributed by atoms with E-state index in [1.807, 2.05) is 12.4 Å². The third-order valence-corrected chi connectivity index (χ3v) is 3.71. The van der Waals surface area contributed by atoms with Crippen molar-refractivity contribution in [3.8, 4) is 0 Å². The first-order valence-corrected chi connectivity index (χ1v) is 6.59. The van der Waals surface area contributed by atoms with Crippen molar-refractivity contribution in [2.75, 3.05) is 17.3 Å². The SMILES string of the molecule is Cc1cnccc1N1CCCCCC1CCl. The predicted molar refractivity (Wildman–Crippen MR) is 69.3 cm³/mol. The van der Waals surface area contributed by atoms with Crippen LogP contribution in [0, 0.1) is 6.92 Å². The summed E-state index contributed by atoms with van der Waals surface area (Å²) in [6.07, 6.45) is 8.93. The molecule has 1 fully saturated rings. The highest BCUT2D eigenvalue weighted by Gasteiger charge is 2.21. The second-order valence-electron chi connectivity index (χ2n) is 4.51. The Morgan fingerprint density at radius 3 is 3.06 bits per heavy atom. The largest absolute Gasteiger partial charge is 0.367 e. The van der Waals surface area contributed by atoms with E-state index in [-0.39, 0.29) is 0 Å². The van der Waals surface area contributed by atoms with Gasteiger partial charge in [0, 0.05) is 36.5 Å². The molecule has 0 amide bonds. The van der Waals surface area contributed by atoms with E-state index < -0.39 is 0 Å². The van der Waals surface area contributed by atoms with E-state index in [4.69, 9.17) is 11.6 Å². The minimum atomic E-state index is 0.491. The van der Waals surface area contributed by atoms with E-state index in [0.717, 1.165) is 12.4 Å². The third kappa shape index (κ3) is 2.49. The van der Waals surface area contributed by atoms with Crippen LogP contribution in [0.4, 0.5) is 5.69 Å². The molecular formula is C13H19ClN2. The zero-order valence-corrected chi connectivity index (χ0v) is 10.6. The van der Waals surface area contributed by atoms with Gasteiger partial charge in [-0.15, -0.1) is 11.6 Å². The highest BCUT2D eigenvalue weighted by molar-refractivity contribution is 6.18. The van der Waals surface area contributed by atoms with Gasteiger partial charge in [-0.3, -0.25) is 4.98 Å². The monoisotopic (exact) mass is 238 g/mol. The topological polar surface area (TPSA) is 16.1 Å². The molecule has 2 rings (SSSR count). The minimum Gasteiger partial charge on any atom is -0.367 e. The minimum absolute atomic E-state index is 0.491. The second kappa shape index (κ2) is 5.53. The number of alkyl halides is 1. The highest BCUT2D eigenvalue weighted by atomic mass is 35.5. The molecule has 0 saturated carbocycles. The first-order valence-electron chi connectivity index (χ1n) is 6.06. The molecule has 1 unspecified atom stereocenters. The Bertz CT molecular complexity index is 340. The molecular weight excluding hydrogens is 220 g/mol. The predicted octanol–water partition coefficient (Wildman–Crippen LogP) is 3.38. The third-order valence-electron chi connectivity index (χ3n) is 3.36. The van der Waals surface area contributed by atoms with Crippen LogP contribution in [0.2, 0.25) is 0 Å². The highest BCUT2D eigenvalue weighted by Crippen LogP contribution is 2.26. The number of hydrogen-bond donors (Lipinski definition) is 0. The lowest BCUT2D eigenvalue weighted by Crippen LogP contribution is -2.36. The van der Waals surface area contributed by atoms with Crippen molar-refractivity contribution in [1.29, 1.82) is 0 Å². The van der Waals surface area contributed by atoms with Crippen molar-refractivity contribution < 1.29 is 0 Å². The lowest BCUT2D eigenvalue weighted by molar-refractivity contribution is 0.620. The van der Waals surface area contributed by atoms with E-state index in [1.165, 1.54) is 36.9 Å². The van der Waals surface area contributed by atoms with E-state index in [0.29, 0.717) is 6.04 Å². The molecule has 0 aromatic carbocycles. The zero-order valence-electron chi connectivity index (χ0n) is 9.82. The van der Waals surface area contributed by atoms with Crippen LogP contribution in [0.1, 0.15) is 31.2 Å². The van der Waals surface area contributed by atoms with Crippen molar-refractivity contribution in [3.05, 3.63) is 24.0 Å². The summed E-state index contributed by atoms with van der Waals surface area (Å²) < 4.78 is 0. The van der Waals surface area contributed by atoms with Gasteiger partial charge in [0.1, 0.15) is 0 Å². The Hall–Kier alpha value is -0.760. The molecule has 3 heteroatoms. The number of hydrogen-bond acceptors (Lipinski definition) is 2. The fraction of sp³-hybridized carbons (Fsp3) is 0.615. The molecule has 0 radical (unpaired) electrons. The summed E-state index contributed by atoms with van der Waals surface area (Å²) in [7, 11) is 0. The summed E-state index contributed by atoms with van der Waals surface area (Å²) in [4.78, 5) is 6.62. The molecule has 16 heavy (non-hydrogen) atoms. The van der Waals surface area contributed by atoms with Gasteiger partial charge in [0.15, 0.2) is 0 Å². The molecule has 2 nitrogen and oxygen atoms in total. The number of pyridine rings is 1. The van der Waals surface area contributed by atoms with Crippen LogP contribution in [0.15, 0.2) is 18.5 Å². The van der Waals surface area contributed by atoms with Crippen molar-refractivity contribution >= 4 is 17.3 Å². The lowest BCUT2D eigenvalue weighted by Gasteiger charge is -2.31. The van der Waals surface area contributed by atoms with Gasteiger partial charge < -0.3 is 4.90 Å². The molecule has 0 aliphatic carbocycles. The maximum absolute atomic E-state index is 6.09. The molecule has 1 aromatic rings. The van der Waals surface area contributed by atoms with Gasteiger partial charge in [0.05, 0.1) is 0 Å². The molecule has 0 bridgehead atoms. The Morgan fingerprint density at radius 2 is 2.31 bits per heavy atom. The smallest absolute Gasteiger partial charge is 0.0429 e. The Morgan fingerprint density at radius 1 is 1.44 bits per heavy atom. The number of aromatic nitrogens is 1. The molecule has 1 saturated heterocycles. The van der Waals surface area contributed by atoms with Crippen LogP contribution in [-0.4, -0.2) is 23.5 Å². The molecule has 0 N–H and O–H groups in total. The van der Waals surface area contributed by atoms with Crippen molar-refractivity contribution in [3.63, 3.8) is 0 Å². The maximum atomic E-state index is 6.09. The summed E-state index contributed by atoms with van der Waals surface area (Å²) in [5, 5.41) is 0. The van der Waals surface area contributed by atoms with Crippen molar-refractivity contribution in [1.82, 2.24) is 4.98 Å². The average molecular weight is 239 g/mol. The van der Waals surface area contributed by atoms with Crippen LogP contribution in [0.25, 0.3) is 0 Å². The summed E-state index contributed by atoms with van der Waals surface area (Å²) in [5.41, 5.74) is 2.56. The van der Waals surface area contributed by atoms with Crippen LogP contribution in [-0.2, 0) is 0 Å². The number of aryl methyl sites for hydroxylation is 1. The molecule has 1 aliphatic heterocycles. The molecule has 1 aromatic heterocycles. The summed E-state index contributed by atoms with van der Waals surface area (Å²) in [5.74, 6) is 0.724. The zero-order chi connectivity index (χ0) is 11.4. The fourth-order valence-corrected chi connectivity index (χ4v) is 2.76. The van der Waals surface area contributed by atoms with Gasteiger partial charge in [-0.2, -0.15) is 0 Å². The summed E-state index contributed by atoms with van der Waals surface area (Å²) in [6, 6.07) is 2.60. The number of nitrogens with zero attached hydrogens (tertiary/aromatic N) is 2. The van der Waals surface area contributed by atoms with Crippen LogP contribution in [0.3, 0.4) is 0 Å². The van der Waals surface area contributed by atoms with Crippen LogP contribution < -0.4 is 4.90 Å². The molecule has 88 valence electrons. The summed E-state index contributed by atoms with van der Waals surface area (Å²) in [6.45, 7) is 3.25. The van der Waals surface area contributed by atoms with Gasteiger partial charge >= 0.3 is 0 Å². The average Bonchev–Trinajstić information content (AvgIpc) is 2.54. The Balaban J connectivity index is 2.25. The standard InChI is InChI=1S/C13H19ClN2/c1-11-10-15-7-6-13(11)16-8-4-2-3-5-12(16)9-14/h6-7,10,12H,2-5,8-9H2,1H3. The van der Waals surface area contributed by atoms with Crippen molar-refractivity contribution in [2.45, 2.75) is 38.6 Å². The summed E-state index contributed by atoms with van der Waals surface area (Å²) >= 11 is 6.09. The Labute approximate surface area is 103 Å². The molecule has 2 heterocycles. The normalized spacial score (nSPS) is 21.9. The lowest BCUT2D eigenvalue weighted by atomic mass is 10.1. The molecule has 1 aliphatic rings. The van der Waals surface area contributed by atoms with Crippen molar-refractivity contribution in [2.24, 2.45) is 0 Å². The second-order valence-corrected chi connectivity index (χ2v) is 4.82. The first kappa shape index (κ1) is 11.7. The van der Waals surface area contributed by atoms with Gasteiger partial charge in [0.2, 0.25) is 0 Å². The quantitative estimate of drug-likeness (QED) is 0.735. The van der Waals surface area contributed by atoms with Crippen LogP contribution >= 0.6 is 11.6 Å². The van der Waals surface area contributed by atoms with E-state index in [1.54, 1.807) is 0 Å². The number of halogens is 1. The van der Waals surface area contributed by atoms with Gasteiger partial charge in [-0.1, -0.05) is 12.8 Å². The fourth-order valence-electron chi connectivity index (χ4n) is 2.44. The van der Waals surface area contributed by atoms with E-state index in [2.05, 4.69) is 22.9 Å². The van der Waals surface area contributed by atoms with Gasteiger partial charge in [-0.05, 0) is 31.4 Å². The number of rotatable bonds is 2. The molecule has 0 spiro atoms. The van der Waals surface area contributed by atoms with E-state index >= 15 is 0 Å².